The number of aromatic nitrogens is 1. The molecule has 0 spiro atoms. The van der Waals surface area contributed by atoms with Gasteiger partial charge in [0.25, 0.3) is 0 Å². The van der Waals surface area contributed by atoms with Crippen molar-refractivity contribution in [2.45, 2.75) is 13.3 Å². The number of benzene rings is 1. The molecule has 0 aliphatic heterocycles. The molecule has 0 aliphatic rings. The Balaban J connectivity index is 2.38. The topological polar surface area (TPSA) is 80.4 Å². The van der Waals surface area contributed by atoms with E-state index < -0.39 is 17.7 Å². The van der Waals surface area contributed by atoms with Gasteiger partial charge in [0, 0.05) is 5.56 Å². The van der Waals surface area contributed by atoms with Gasteiger partial charge in [-0.25, -0.2) is 4.98 Å². The molecule has 1 N–H and O–H groups in total. The van der Waals surface area contributed by atoms with Crippen LogP contribution in [0, 0.1) is 5.92 Å². The van der Waals surface area contributed by atoms with E-state index in [1.54, 1.807) is 19.1 Å². The van der Waals surface area contributed by atoms with Crippen LogP contribution in [-0.2, 0) is 4.79 Å². The van der Waals surface area contributed by atoms with E-state index in [4.69, 9.17) is 9.52 Å². The summed E-state index contributed by atoms with van der Waals surface area (Å²) in [5.74, 6) is -2.51. The monoisotopic (exact) mass is 233 g/mol. The van der Waals surface area contributed by atoms with E-state index in [0.717, 1.165) is 0 Å². The maximum absolute atomic E-state index is 11.9. The van der Waals surface area contributed by atoms with Gasteiger partial charge >= 0.3 is 5.97 Å². The summed E-state index contributed by atoms with van der Waals surface area (Å²) in [6.07, 6.45) is 1.55. The lowest BCUT2D eigenvalue weighted by atomic mass is 9.95. The predicted octanol–water partition coefficient (Wildman–Crippen LogP) is 2.12. The highest BCUT2D eigenvalue weighted by molar-refractivity contribution is 6.09. The molecule has 1 unspecified atom stereocenters. The fraction of sp³-hybridized carbons (Fsp3) is 0.250. The highest BCUT2D eigenvalue weighted by Gasteiger charge is 2.25. The molecule has 0 aliphatic carbocycles. The maximum Gasteiger partial charge on any atom is 0.314 e. The number of hydrogen-bond acceptors (Lipinski definition) is 4. The largest absolute Gasteiger partial charge is 0.481 e. The highest BCUT2D eigenvalue weighted by Crippen LogP contribution is 2.18. The Hall–Kier alpha value is -2.17. The van der Waals surface area contributed by atoms with Crippen molar-refractivity contribution >= 4 is 22.9 Å². The molecular formula is C12H11NO4. The standard InChI is InChI=1S/C12H11NO4/c1-2-8(12(15)16)11(14)7-3-4-9-10(5-7)17-6-13-9/h3-6,8H,2H2,1H3,(H,15,16). The number of rotatable bonds is 4. The zero-order valence-corrected chi connectivity index (χ0v) is 9.21. The Morgan fingerprint density at radius 3 is 2.88 bits per heavy atom. The number of nitrogens with zero attached hydrogens (tertiary/aromatic N) is 1. The molecule has 2 rings (SSSR count). The molecule has 88 valence electrons. The minimum atomic E-state index is -1.10. The fourth-order valence-electron chi connectivity index (χ4n) is 1.68. The number of oxazole rings is 1. The summed E-state index contributed by atoms with van der Waals surface area (Å²) in [6, 6.07) is 4.73. The zero-order chi connectivity index (χ0) is 12.4. The first-order chi connectivity index (χ1) is 8.13. The van der Waals surface area contributed by atoms with Gasteiger partial charge in [0.05, 0.1) is 0 Å². The molecular weight excluding hydrogens is 222 g/mol. The Bertz CT molecular complexity index is 573. The van der Waals surface area contributed by atoms with Gasteiger partial charge in [0.15, 0.2) is 17.8 Å². The second kappa shape index (κ2) is 4.37. The molecule has 0 fully saturated rings. The van der Waals surface area contributed by atoms with Gasteiger partial charge in [-0.1, -0.05) is 6.92 Å². The molecule has 2 aromatic rings. The smallest absolute Gasteiger partial charge is 0.314 e. The van der Waals surface area contributed by atoms with Crippen LogP contribution in [0.4, 0.5) is 0 Å². The lowest BCUT2D eigenvalue weighted by molar-refractivity contribution is -0.140. The number of carbonyl (C=O) groups is 2. The van der Waals surface area contributed by atoms with Gasteiger partial charge in [0.1, 0.15) is 11.4 Å². The molecule has 0 amide bonds. The third-order valence-corrected chi connectivity index (χ3v) is 2.64. The fourth-order valence-corrected chi connectivity index (χ4v) is 1.68. The first kappa shape index (κ1) is 11.3. The number of carboxylic acid groups (broad SMARTS) is 1. The number of fused-ring (bicyclic) bond motifs is 1. The van der Waals surface area contributed by atoms with E-state index >= 15 is 0 Å². The van der Waals surface area contributed by atoms with Crippen LogP contribution in [0.25, 0.3) is 11.1 Å². The van der Waals surface area contributed by atoms with Gasteiger partial charge in [-0.05, 0) is 24.6 Å². The summed E-state index contributed by atoms with van der Waals surface area (Å²) >= 11 is 0. The number of Topliss-reactive ketones (excluding diaryl/α,β-unsaturated/α-hetero) is 1. The number of carboxylic acids is 1. The lowest BCUT2D eigenvalue weighted by Crippen LogP contribution is -2.23. The molecule has 0 saturated heterocycles. The van der Waals surface area contributed by atoms with Gasteiger partial charge in [0.2, 0.25) is 0 Å². The molecule has 1 atom stereocenters. The van der Waals surface area contributed by atoms with E-state index in [-0.39, 0.29) is 6.42 Å². The van der Waals surface area contributed by atoms with Crippen molar-refractivity contribution < 1.29 is 19.1 Å². The van der Waals surface area contributed by atoms with Crippen molar-refractivity contribution in [3.05, 3.63) is 30.2 Å². The highest BCUT2D eigenvalue weighted by atomic mass is 16.4. The van der Waals surface area contributed by atoms with Crippen LogP contribution >= 0.6 is 0 Å². The van der Waals surface area contributed by atoms with Crippen LogP contribution in [0.5, 0.6) is 0 Å². The van der Waals surface area contributed by atoms with Crippen LogP contribution in [0.15, 0.2) is 29.0 Å². The van der Waals surface area contributed by atoms with Crippen molar-refractivity contribution in [1.29, 1.82) is 0 Å². The first-order valence-corrected chi connectivity index (χ1v) is 5.23. The summed E-state index contributed by atoms with van der Waals surface area (Å²) in [7, 11) is 0. The average Bonchev–Trinajstić information content (AvgIpc) is 2.75. The minimum absolute atomic E-state index is 0.266. The van der Waals surface area contributed by atoms with Gasteiger partial charge in [-0.2, -0.15) is 0 Å². The van der Waals surface area contributed by atoms with E-state index in [1.807, 2.05) is 0 Å². The van der Waals surface area contributed by atoms with Crippen LogP contribution in [0.3, 0.4) is 0 Å². The van der Waals surface area contributed by atoms with Crippen LogP contribution in [-0.4, -0.2) is 21.8 Å². The molecule has 5 heteroatoms. The Labute approximate surface area is 97.1 Å². The van der Waals surface area contributed by atoms with Gasteiger partial charge in [-0.3, -0.25) is 9.59 Å². The van der Waals surface area contributed by atoms with Crippen molar-refractivity contribution in [3.63, 3.8) is 0 Å². The van der Waals surface area contributed by atoms with E-state index in [9.17, 15) is 9.59 Å². The van der Waals surface area contributed by atoms with Gasteiger partial charge in [-0.15, -0.1) is 0 Å². The molecule has 1 aromatic carbocycles. The zero-order valence-electron chi connectivity index (χ0n) is 9.21. The van der Waals surface area contributed by atoms with E-state index in [0.29, 0.717) is 16.7 Å². The maximum atomic E-state index is 11.9. The Morgan fingerprint density at radius 2 is 2.24 bits per heavy atom. The summed E-state index contributed by atoms with van der Waals surface area (Å²) < 4.78 is 5.07. The van der Waals surface area contributed by atoms with Crippen molar-refractivity contribution in [2.75, 3.05) is 0 Å². The molecule has 5 nitrogen and oxygen atoms in total. The second-order valence-corrected chi connectivity index (χ2v) is 3.70. The summed E-state index contributed by atoms with van der Waals surface area (Å²) in [5.41, 5.74) is 1.46. The van der Waals surface area contributed by atoms with Crippen molar-refractivity contribution in [1.82, 2.24) is 4.98 Å². The number of carbonyl (C=O) groups excluding carboxylic acids is 1. The number of hydrogen-bond donors (Lipinski definition) is 1. The summed E-state index contributed by atoms with van der Waals surface area (Å²) in [4.78, 5) is 26.8. The van der Waals surface area contributed by atoms with Crippen LogP contribution in [0.2, 0.25) is 0 Å². The SMILES string of the molecule is CCC(C(=O)O)C(=O)c1ccc2ncoc2c1. The number of ketones is 1. The molecule has 0 saturated carbocycles. The average molecular weight is 233 g/mol. The normalized spacial score (nSPS) is 12.5. The van der Waals surface area contributed by atoms with Crippen LogP contribution in [0.1, 0.15) is 23.7 Å². The Morgan fingerprint density at radius 1 is 1.47 bits per heavy atom. The quantitative estimate of drug-likeness (QED) is 0.646. The van der Waals surface area contributed by atoms with E-state index in [1.165, 1.54) is 12.5 Å². The first-order valence-electron chi connectivity index (χ1n) is 5.23. The van der Waals surface area contributed by atoms with Crippen molar-refractivity contribution in [3.8, 4) is 0 Å². The molecule has 0 bridgehead atoms. The van der Waals surface area contributed by atoms with Gasteiger partial charge < -0.3 is 9.52 Å². The third-order valence-electron chi connectivity index (χ3n) is 2.64. The molecule has 0 radical (unpaired) electrons. The minimum Gasteiger partial charge on any atom is -0.481 e. The molecule has 1 heterocycles. The van der Waals surface area contributed by atoms with Crippen LogP contribution < -0.4 is 0 Å². The molecule has 1 aromatic heterocycles. The number of aliphatic carboxylic acids is 1. The Kier molecular flexibility index (Phi) is 2.91. The lowest BCUT2D eigenvalue weighted by Gasteiger charge is -2.07. The van der Waals surface area contributed by atoms with E-state index in [2.05, 4.69) is 4.98 Å². The third kappa shape index (κ3) is 2.04. The molecule has 17 heavy (non-hydrogen) atoms. The predicted molar refractivity (Wildman–Crippen MR) is 59.8 cm³/mol. The van der Waals surface area contributed by atoms with Crippen molar-refractivity contribution in [2.24, 2.45) is 5.92 Å². The summed E-state index contributed by atoms with van der Waals surface area (Å²) in [5, 5.41) is 8.92. The summed E-state index contributed by atoms with van der Waals surface area (Å²) in [6.45, 7) is 1.67. The second-order valence-electron chi connectivity index (χ2n) is 3.70.